The first-order valence-corrected chi connectivity index (χ1v) is 8.11. The maximum absolute atomic E-state index is 12.7. The molecule has 2 rings (SSSR count). The molecule has 1 aromatic carbocycles. The summed E-state index contributed by atoms with van der Waals surface area (Å²) in [6, 6.07) is 2.61. The largest absolute Gasteiger partial charge is 0.481 e. The van der Waals surface area contributed by atoms with Crippen molar-refractivity contribution in [3.05, 3.63) is 40.6 Å². The van der Waals surface area contributed by atoms with Crippen LogP contribution in [0, 0.1) is 0 Å². The molecule has 1 atom stereocenters. The Bertz CT molecular complexity index is 763. The number of carboxylic acid groups (broad SMARTS) is 1. The fourth-order valence-corrected chi connectivity index (χ4v) is 4.09. The number of carbonyl (C=O) groups is 2. The maximum Gasteiger partial charge on any atom is 0.306 e. The molecule has 0 fully saturated rings. The smallest absolute Gasteiger partial charge is 0.306 e. The highest BCUT2D eigenvalue weighted by molar-refractivity contribution is 7.89. The molecule has 1 aliphatic rings. The van der Waals surface area contributed by atoms with E-state index < -0.39 is 34.4 Å². The van der Waals surface area contributed by atoms with E-state index >= 15 is 0 Å². The van der Waals surface area contributed by atoms with Crippen LogP contribution in [0.25, 0.3) is 0 Å². The predicted octanol–water partition coefficient (Wildman–Crippen LogP) is 1.43. The van der Waals surface area contributed by atoms with E-state index in [-0.39, 0.29) is 14.9 Å². The molecule has 10 heteroatoms. The number of halogens is 2. The number of nitrogens with zero attached hydrogens (tertiary/aromatic N) is 1. The Morgan fingerprint density at radius 2 is 2.05 bits per heavy atom. The van der Waals surface area contributed by atoms with Crippen LogP contribution in [-0.2, 0) is 19.6 Å². The lowest BCUT2D eigenvalue weighted by Crippen LogP contribution is -2.50. The molecule has 0 aliphatic carbocycles. The predicted molar refractivity (Wildman–Crippen MR) is 78.8 cm³/mol. The van der Waals surface area contributed by atoms with Gasteiger partial charge in [-0.25, -0.2) is 8.42 Å². The number of aliphatic carboxylic acids is 1. The Hall–Kier alpha value is -1.77. The molecular formula is C12H10Cl2N2O5S. The summed E-state index contributed by atoms with van der Waals surface area (Å²) in [5.74, 6) is -2.06. The summed E-state index contributed by atoms with van der Waals surface area (Å²) in [5.41, 5.74) is 0. The topological polar surface area (TPSA) is 104 Å². The third-order valence-corrected chi connectivity index (χ3v) is 5.65. The molecule has 22 heavy (non-hydrogen) atoms. The van der Waals surface area contributed by atoms with Crippen LogP contribution < -0.4 is 5.32 Å². The van der Waals surface area contributed by atoms with Gasteiger partial charge in [0.2, 0.25) is 5.91 Å². The van der Waals surface area contributed by atoms with Crippen LogP contribution in [0.1, 0.15) is 6.42 Å². The van der Waals surface area contributed by atoms with Crippen LogP contribution in [0.4, 0.5) is 0 Å². The molecule has 0 unspecified atom stereocenters. The van der Waals surface area contributed by atoms with Gasteiger partial charge in [0.1, 0.15) is 10.9 Å². The Morgan fingerprint density at radius 3 is 2.68 bits per heavy atom. The normalized spacial score (nSPS) is 18.2. The van der Waals surface area contributed by atoms with Gasteiger partial charge in [0.25, 0.3) is 10.0 Å². The molecule has 1 amide bonds. The molecule has 0 aromatic heterocycles. The van der Waals surface area contributed by atoms with Crippen LogP contribution in [0.15, 0.2) is 35.5 Å². The molecule has 0 saturated heterocycles. The monoisotopic (exact) mass is 364 g/mol. The second kappa shape index (κ2) is 6.15. The first-order valence-electron chi connectivity index (χ1n) is 5.91. The van der Waals surface area contributed by atoms with E-state index in [9.17, 15) is 18.0 Å². The molecule has 1 heterocycles. The van der Waals surface area contributed by atoms with E-state index in [1.807, 2.05) is 0 Å². The zero-order valence-corrected chi connectivity index (χ0v) is 13.2. The van der Waals surface area contributed by atoms with Crippen molar-refractivity contribution in [1.82, 2.24) is 9.62 Å². The number of carbonyl (C=O) groups excluding carboxylic acids is 1. The fourth-order valence-electron chi connectivity index (χ4n) is 1.90. The molecule has 118 valence electrons. The van der Waals surface area contributed by atoms with Crippen molar-refractivity contribution in [2.45, 2.75) is 17.4 Å². The standard InChI is InChI=1S/C12H10Cl2N2O5S/c13-7-2-1-3-9(11(7)14)22(20,21)16-5-4-15-12(19)8(16)6-10(17)18/h1-5,8H,6H2,(H,15,19)(H,17,18)/t8-/m1/s1. The number of nitrogens with one attached hydrogen (secondary N) is 1. The Labute approximate surface area is 136 Å². The number of hydrogen-bond acceptors (Lipinski definition) is 4. The average molecular weight is 365 g/mol. The highest BCUT2D eigenvalue weighted by atomic mass is 35.5. The fraction of sp³-hybridized carbons (Fsp3) is 0.167. The number of carboxylic acids is 1. The van der Waals surface area contributed by atoms with Crippen molar-refractivity contribution in [1.29, 1.82) is 0 Å². The maximum atomic E-state index is 12.7. The van der Waals surface area contributed by atoms with Gasteiger partial charge in [-0.15, -0.1) is 0 Å². The second-order valence-corrected chi connectivity index (χ2v) is 6.92. The lowest BCUT2D eigenvalue weighted by molar-refractivity contribution is -0.140. The van der Waals surface area contributed by atoms with E-state index in [4.69, 9.17) is 28.3 Å². The van der Waals surface area contributed by atoms with Gasteiger partial charge < -0.3 is 10.4 Å². The van der Waals surface area contributed by atoms with Crippen LogP contribution in [0.3, 0.4) is 0 Å². The van der Waals surface area contributed by atoms with Gasteiger partial charge in [0, 0.05) is 12.4 Å². The molecule has 0 saturated carbocycles. The van der Waals surface area contributed by atoms with Crippen molar-refractivity contribution >= 4 is 45.1 Å². The Morgan fingerprint density at radius 1 is 1.36 bits per heavy atom. The second-order valence-electron chi connectivity index (χ2n) is 4.32. The number of benzene rings is 1. The minimum absolute atomic E-state index is 0.0305. The summed E-state index contributed by atoms with van der Waals surface area (Å²) in [6.45, 7) is 0. The first-order chi connectivity index (χ1) is 10.2. The summed E-state index contributed by atoms with van der Waals surface area (Å²) in [5, 5.41) is 11.0. The number of rotatable bonds is 4. The molecule has 0 bridgehead atoms. The van der Waals surface area contributed by atoms with Gasteiger partial charge in [-0.3, -0.25) is 13.9 Å². The van der Waals surface area contributed by atoms with Crippen LogP contribution in [0.5, 0.6) is 0 Å². The van der Waals surface area contributed by atoms with Crippen molar-refractivity contribution in [3.8, 4) is 0 Å². The molecule has 0 radical (unpaired) electrons. The van der Waals surface area contributed by atoms with E-state index in [0.717, 1.165) is 12.4 Å². The molecule has 7 nitrogen and oxygen atoms in total. The van der Waals surface area contributed by atoms with Gasteiger partial charge in [0.15, 0.2) is 0 Å². The van der Waals surface area contributed by atoms with Gasteiger partial charge >= 0.3 is 5.97 Å². The first kappa shape index (κ1) is 16.6. The van der Waals surface area contributed by atoms with Crippen molar-refractivity contribution in [2.75, 3.05) is 0 Å². The molecule has 0 spiro atoms. The van der Waals surface area contributed by atoms with Crippen LogP contribution in [0.2, 0.25) is 10.0 Å². The number of amides is 1. The van der Waals surface area contributed by atoms with Gasteiger partial charge in [0.05, 0.1) is 16.5 Å². The number of hydrogen-bond donors (Lipinski definition) is 2. The van der Waals surface area contributed by atoms with E-state index in [2.05, 4.69) is 5.32 Å². The molecule has 2 N–H and O–H groups in total. The van der Waals surface area contributed by atoms with Crippen molar-refractivity contribution in [2.24, 2.45) is 0 Å². The third-order valence-electron chi connectivity index (χ3n) is 2.90. The van der Waals surface area contributed by atoms with Gasteiger partial charge in [-0.2, -0.15) is 0 Å². The summed E-state index contributed by atoms with van der Waals surface area (Å²) in [4.78, 5) is 22.3. The quantitative estimate of drug-likeness (QED) is 0.840. The average Bonchev–Trinajstić information content (AvgIpc) is 2.43. The molecule has 1 aliphatic heterocycles. The lowest BCUT2D eigenvalue weighted by atomic mass is 10.2. The Kier molecular flexibility index (Phi) is 4.64. The lowest BCUT2D eigenvalue weighted by Gasteiger charge is -2.30. The third kappa shape index (κ3) is 3.03. The molecular weight excluding hydrogens is 355 g/mol. The number of sulfonamides is 1. The molecule has 1 aromatic rings. The van der Waals surface area contributed by atoms with Gasteiger partial charge in [-0.05, 0) is 12.1 Å². The SMILES string of the molecule is O=C(O)C[C@@H]1C(=O)NC=CN1S(=O)(=O)c1cccc(Cl)c1Cl. The highest BCUT2D eigenvalue weighted by Gasteiger charge is 2.38. The summed E-state index contributed by atoms with van der Waals surface area (Å²) in [7, 11) is -4.24. The van der Waals surface area contributed by atoms with Crippen LogP contribution >= 0.6 is 23.2 Å². The van der Waals surface area contributed by atoms with Crippen molar-refractivity contribution in [3.63, 3.8) is 0 Å². The van der Waals surface area contributed by atoms with E-state index in [1.54, 1.807) is 0 Å². The van der Waals surface area contributed by atoms with E-state index in [0.29, 0.717) is 4.31 Å². The zero-order chi connectivity index (χ0) is 16.5. The summed E-state index contributed by atoms with van der Waals surface area (Å²) in [6.07, 6.45) is 1.49. The van der Waals surface area contributed by atoms with E-state index in [1.165, 1.54) is 18.2 Å². The highest BCUT2D eigenvalue weighted by Crippen LogP contribution is 2.32. The van der Waals surface area contributed by atoms with Crippen molar-refractivity contribution < 1.29 is 23.1 Å². The Balaban J connectivity index is 2.52. The minimum Gasteiger partial charge on any atom is -0.481 e. The van der Waals surface area contributed by atoms with Gasteiger partial charge in [-0.1, -0.05) is 29.3 Å². The zero-order valence-electron chi connectivity index (χ0n) is 10.9. The minimum atomic E-state index is -4.24. The summed E-state index contributed by atoms with van der Waals surface area (Å²) < 4.78 is 26.0. The summed E-state index contributed by atoms with van der Waals surface area (Å²) >= 11 is 11.7. The van der Waals surface area contributed by atoms with Crippen LogP contribution in [-0.4, -0.2) is 35.7 Å².